The first-order valence-corrected chi connectivity index (χ1v) is 11.4. The van der Waals surface area contributed by atoms with Gasteiger partial charge in [0.1, 0.15) is 23.3 Å². The third kappa shape index (κ3) is 4.33. The monoisotopic (exact) mass is 484 g/mol. The van der Waals surface area contributed by atoms with E-state index in [1.165, 1.54) is 6.20 Å². The van der Waals surface area contributed by atoms with Crippen LogP contribution in [0.1, 0.15) is 29.9 Å². The van der Waals surface area contributed by atoms with Gasteiger partial charge in [0.15, 0.2) is 0 Å². The van der Waals surface area contributed by atoms with Crippen molar-refractivity contribution in [3.63, 3.8) is 0 Å². The lowest BCUT2D eigenvalue weighted by molar-refractivity contribution is 0.731. The van der Waals surface area contributed by atoms with Gasteiger partial charge >= 0.3 is 0 Å². The molecule has 0 unspecified atom stereocenters. The van der Waals surface area contributed by atoms with Crippen LogP contribution in [0.15, 0.2) is 83.8 Å². The Bertz CT molecular complexity index is 1760. The lowest BCUT2D eigenvalue weighted by atomic mass is 10.00. The standard InChI is InChI=1S/C28H20N8O/c1-17(33-25-20(15-30)16-32-28(31)35-25)26-34-23-9-5-8-22(19-12-10-18(14-29)11-13-19)24(23)27(37)36(26)21-6-3-2-4-7-21/h2-13,16-17H,1H3,(H3,31,32,33,35)/t17-/m1/s1. The van der Waals surface area contributed by atoms with Crippen molar-refractivity contribution in [1.29, 1.82) is 10.5 Å². The Kier molecular flexibility index (Phi) is 6.03. The van der Waals surface area contributed by atoms with Crippen LogP contribution in [0.4, 0.5) is 11.8 Å². The van der Waals surface area contributed by atoms with Gasteiger partial charge in [-0.25, -0.2) is 9.97 Å². The molecule has 0 bridgehead atoms. The number of rotatable bonds is 5. The van der Waals surface area contributed by atoms with Gasteiger partial charge in [0, 0.05) is 0 Å². The number of hydrogen-bond acceptors (Lipinski definition) is 8. The minimum atomic E-state index is -0.530. The number of anilines is 2. The Morgan fingerprint density at radius 3 is 2.41 bits per heavy atom. The van der Waals surface area contributed by atoms with Gasteiger partial charge in [-0.1, -0.05) is 42.5 Å². The Morgan fingerprint density at radius 1 is 0.946 bits per heavy atom. The Balaban J connectivity index is 1.74. The van der Waals surface area contributed by atoms with Crippen LogP contribution < -0.4 is 16.6 Å². The van der Waals surface area contributed by atoms with Crippen molar-refractivity contribution in [2.24, 2.45) is 0 Å². The van der Waals surface area contributed by atoms with Crippen LogP contribution in [0.3, 0.4) is 0 Å². The molecule has 2 heterocycles. The molecule has 2 aromatic heterocycles. The van der Waals surface area contributed by atoms with E-state index in [4.69, 9.17) is 16.0 Å². The van der Waals surface area contributed by atoms with E-state index >= 15 is 0 Å². The van der Waals surface area contributed by atoms with Crippen LogP contribution >= 0.6 is 0 Å². The Morgan fingerprint density at radius 2 is 1.70 bits per heavy atom. The van der Waals surface area contributed by atoms with Gasteiger partial charge in [-0.05, 0) is 48.4 Å². The van der Waals surface area contributed by atoms with Gasteiger partial charge in [-0.15, -0.1) is 0 Å². The van der Waals surface area contributed by atoms with Crippen LogP contribution in [0, 0.1) is 22.7 Å². The number of aromatic nitrogens is 4. The van der Waals surface area contributed by atoms with Crippen molar-refractivity contribution in [3.05, 3.63) is 106 Å². The van der Waals surface area contributed by atoms with Gasteiger partial charge in [-0.2, -0.15) is 15.5 Å². The smallest absolute Gasteiger partial charge is 0.266 e. The molecule has 1 atom stereocenters. The van der Waals surface area contributed by atoms with E-state index in [9.17, 15) is 10.1 Å². The molecular formula is C28H20N8O. The third-order valence-electron chi connectivity index (χ3n) is 5.93. The zero-order valence-electron chi connectivity index (χ0n) is 19.8. The minimum Gasteiger partial charge on any atom is -0.368 e. The number of hydrogen-bond donors (Lipinski definition) is 2. The molecule has 0 aliphatic heterocycles. The summed E-state index contributed by atoms with van der Waals surface area (Å²) in [4.78, 5) is 27.1. The van der Waals surface area contributed by atoms with Gasteiger partial charge in [-0.3, -0.25) is 9.36 Å². The maximum atomic E-state index is 14.1. The van der Waals surface area contributed by atoms with Crippen LogP contribution in [0.5, 0.6) is 0 Å². The number of nitrogen functional groups attached to an aromatic ring is 1. The summed E-state index contributed by atoms with van der Waals surface area (Å²) in [6.07, 6.45) is 1.35. The number of para-hydroxylation sites is 1. The topological polar surface area (TPSA) is 146 Å². The highest BCUT2D eigenvalue weighted by Crippen LogP contribution is 2.29. The molecule has 178 valence electrons. The number of nitrogens with zero attached hydrogens (tertiary/aromatic N) is 6. The highest BCUT2D eigenvalue weighted by Gasteiger charge is 2.21. The molecule has 37 heavy (non-hydrogen) atoms. The maximum absolute atomic E-state index is 14.1. The Hall–Kier alpha value is -5.54. The highest BCUT2D eigenvalue weighted by molar-refractivity contribution is 5.94. The molecule has 9 nitrogen and oxygen atoms in total. The van der Waals surface area contributed by atoms with Crippen molar-refractivity contribution in [2.75, 3.05) is 11.1 Å². The highest BCUT2D eigenvalue weighted by atomic mass is 16.1. The summed E-state index contributed by atoms with van der Waals surface area (Å²) < 4.78 is 1.56. The molecule has 0 amide bonds. The quantitative estimate of drug-likeness (QED) is 0.374. The van der Waals surface area contributed by atoms with Gasteiger partial charge < -0.3 is 11.1 Å². The molecule has 3 N–H and O–H groups in total. The number of benzene rings is 3. The first kappa shape index (κ1) is 23.2. The molecule has 0 saturated heterocycles. The number of fused-ring (bicyclic) bond motifs is 1. The van der Waals surface area contributed by atoms with E-state index in [-0.39, 0.29) is 22.9 Å². The normalized spacial score (nSPS) is 11.4. The lowest BCUT2D eigenvalue weighted by Gasteiger charge is -2.21. The zero-order valence-corrected chi connectivity index (χ0v) is 19.8. The third-order valence-corrected chi connectivity index (χ3v) is 5.93. The van der Waals surface area contributed by atoms with Crippen LogP contribution in [-0.2, 0) is 0 Å². The molecule has 3 aromatic carbocycles. The predicted octanol–water partition coefficient (Wildman–Crippen LogP) is 4.34. The summed E-state index contributed by atoms with van der Waals surface area (Å²) in [6.45, 7) is 1.83. The second-order valence-electron chi connectivity index (χ2n) is 8.30. The van der Waals surface area contributed by atoms with Crippen molar-refractivity contribution in [2.45, 2.75) is 13.0 Å². The second kappa shape index (κ2) is 9.61. The van der Waals surface area contributed by atoms with Crippen LogP contribution in [0.25, 0.3) is 27.7 Å². The summed E-state index contributed by atoms with van der Waals surface area (Å²) in [5.74, 6) is 0.706. The van der Waals surface area contributed by atoms with Crippen molar-refractivity contribution in [1.82, 2.24) is 19.5 Å². The fourth-order valence-corrected chi connectivity index (χ4v) is 4.19. The fraction of sp³-hybridized carbons (Fsp3) is 0.0714. The van der Waals surface area contributed by atoms with Crippen molar-refractivity contribution < 1.29 is 0 Å². The van der Waals surface area contributed by atoms with Gasteiger partial charge in [0.25, 0.3) is 5.56 Å². The molecule has 0 saturated carbocycles. The largest absolute Gasteiger partial charge is 0.368 e. The average molecular weight is 485 g/mol. The summed E-state index contributed by atoms with van der Waals surface area (Å²) in [5, 5.41) is 22.3. The maximum Gasteiger partial charge on any atom is 0.266 e. The van der Waals surface area contributed by atoms with E-state index in [2.05, 4.69) is 21.4 Å². The van der Waals surface area contributed by atoms with Crippen molar-refractivity contribution in [3.8, 4) is 29.0 Å². The molecule has 0 spiro atoms. The molecule has 5 rings (SSSR count). The lowest BCUT2D eigenvalue weighted by Crippen LogP contribution is -2.28. The molecular weight excluding hydrogens is 464 g/mol. The first-order chi connectivity index (χ1) is 18.0. The van der Waals surface area contributed by atoms with E-state index < -0.39 is 6.04 Å². The molecule has 0 aliphatic rings. The summed E-state index contributed by atoms with van der Waals surface area (Å²) >= 11 is 0. The van der Waals surface area contributed by atoms with Gasteiger partial charge in [0.05, 0.1) is 40.5 Å². The summed E-state index contributed by atoms with van der Waals surface area (Å²) in [6, 6.07) is 25.4. The van der Waals surface area contributed by atoms with Crippen LogP contribution in [-0.4, -0.2) is 19.5 Å². The summed E-state index contributed by atoms with van der Waals surface area (Å²) in [7, 11) is 0. The van der Waals surface area contributed by atoms with E-state index in [1.807, 2.05) is 67.6 Å². The minimum absolute atomic E-state index is 0.0210. The first-order valence-electron chi connectivity index (χ1n) is 11.4. The second-order valence-corrected chi connectivity index (χ2v) is 8.30. The van der Waals surface area contributed by atoms with Crippen LogP contribution in [0.2, 0.25) is 0 Å². The fourth-order valence-electron chi connectivity index (χ4n) is 4.19. The summed E-state index contributed by atoms with van der Waals surface area (Å²) in [5.41, 5.74) is 8.93. The van der Waals surface area contributed by atoms with E-state index in [0.29, 0.717) is 33.5 Å². The SMILES string of the molecule is C[C@@H](Nc1nc(N)ncc1C#N)c1nc2cccc(-c3ccc(C#N)cc3)c2c(=O)n1-c1ccccc1. The Labute approximate surface area is 212 Å². The predicted molar refractivity (Wildman–Crippen MR) is 141 cm³/mol. The number of nitrogens with two attached hydrogens (primary N) is 1. The van der Waals surface area contributed by atoms with Gasteiger partial charge in [0.2, 0.25) is 5.95 Å². The zero-order chi connectivity index (χ0) is 25.9. The van der Waals surface area contributed by atoms with E-state index in [0.717, 1.165) is 5.56 Å². The average Bonchev–Trinajstić information content (AvgIpc) is 2.93. The molecule has 5 aromatic rings. The molecule has 9 heteroatoms. The molecule has 0 fully saturated rings. The molecule has 0 radical (unpaired) electrons. The van der Waals surface area contributed by atoms with Crippen molar-refractivity contribution >= 4 is 22.7 Å². The molecule has 0 aliphatic carbocycles. The number of nitriles is 2. The number of nitrogens with one attached hydrogen (secondary N) is 1. The van der Waals surface area contributed by atoms with E-state index in [1.54, 1.807) is 22.8 Å².